The fraction of sp³-hybridized carbons (Fsp3) is 0.0667. The first-order valence-corrected chi connectivity index (χ1v) is 6.65. The van der Waals surface area contributed by atoms with E-state index in [4.69, 9.17) is 5.11 Å². The normalized spacial score (nSPS) is 11.3. The standard InChI is InChI=1S/C15H12O4S/c1-9-11(12(16)8-13(17)15(18)19)7-14(20-9)10-5-3-2-4-6-10/h2-8,16H,1H3,(H,18,19). The molecule has 2 aromatic rings. The average molecular weight is 288 g/mol. The van der Waals surface area contributed by atoms with Gasteiger partial charge >= 0.3 is 5.97 Å². The van der Waals surface area contributed by atoms with Crippen molar-refractivity contribution >= 4 is 28.8 Å². The Morgan fingerprint density at radius 3 is 2.40 bits per heavy atom. The molecule has 0 amide bonds. The van der Waals surface area contributed by atoms with E-state index in [-0.39, 0.29) is 5.76 Å². The van der Waals surface area contributed by atoms with Gasteiger partial charge in [0.25, 0.3) is 5.78 Å². The Morgan fingerprint density at radius 2 is 1.80 bits per heavy atom. The van der Waals surface area contributed by atoms with Crippen molar-refractivity contribution in [2.45, 2.75) is 6.92 Å². The lowest BCUT2D eigenvalue weighted by atomic mass is 10.1. The molecular weight excluding hydrogens is 276 g/mol. The van der Waals surface area contributed by atoms with Crippen LogP contribution in [0.15, 0.2) is 42.5 Å². The SMILES string of the molecule is Cc1sc(-c2ccccc2)cc1C(O)=CC(=O)C(=O)O. The van der Waals surface area contributed by atoms with Gasteiger partial charge < -0.3 is 10.2 Å². The van der Waals surface area contributed by atoms with E-state index in [1.54, 1.807) is 6.07 Å². The van der Waals surface area contributed by atoms with Crippen LogP contribution in [0.2, 0.25) is 0 Å². The molecule has 0 aliphatic carbocycles. The number of carbonyl (C=O) groups excluding carboxylic acids is 1. The number of aryl methyl sites for hydroxylation is 1. The minimum absolute atomic E-state index is 0.326. The van der Waals surface area contributed by atoms with E-state index in [9.17, 15) is 14.7 Å². The number of hydrogen-bond acceptors (Lipinski definition) is 4. The highest BCUT2D eigenvalue weighted by Gasteiger charge is 2.14. The smallest absolute Gasteiger partial charge is 0.376 e. The maximum absolute atomic E-state index is 11.1. The summed E-state index contributed by atoms with van der Waals surface area (Å²) < 4.78 is 0. The van der Waals surface area contributed by atoms with E-state index < -0.39 is 11.8 Å². The fourth-order valence-electron chi connectivity index (χ4n) is 1.74. The minimum Gasteiger partial charge on any atom is -0.507 e. The lowest BCUT2D eigenvalue weighted by Crippen LogP contribution is -2.09. The van der Waals surface area contributed by atoms with Crippen LogP contribution in [0.4, 0.5) is 0 Å². The predicted molar refractivity (Wildman–Crippen MR) is 77.7 cm³/mol. The Kier molecular flexibility index (Phi) is 4.00. The highest BCUT2D eigenvalue weighted by molar-refractivity contribution is 7.15. The third-order valence-electron chi connectivity index (χ3n) is 2.73. The molecule has 0 spiro atoms. The Morgan fingerprint density at radius 1 is 1.15 bits per heavy atom. The summed E-state index contributed by atoms with van der Waals surface area (Å²) in [5.41, 5.74) is 1.48. The topological polar surface area (TPSA) is 74.6 Å². The molecule has 0 atom stereocenters. The molecule has 20 heavy (non-hydrogen) atoms. The third kappa shape index (κ3) is 2.95. The van der Waals surface area contributed by atoms with Crippen molar-refractivity contribution < 1.29 is 19.8 Å². The number of aliphatic carboxylic acids is 1. The first kappa shape index (κ1) is 14.0. The summed E-state index contributed by atoms with van der Waals surface area (Å²) in [6.07, 6.45) is 0.728. The van der Waals surface area contributed by atoms with Crippen LogP contribution in [0, 0.1) is 6.92 Å². The minimum atomic E-state index is -1.59. The highest BCUT2D eigenvalue weighted by atomic mass is 32.1. The van der Waals surface area contributed by atoms with Crippen LogP contribution in [0.3, 0.4) is 0 Å². The Labute approximate surface area is 119 Å². The number of rotatable bonds is 4. The number of ketones is 1. The molecule has 0 saturated heterocycles. The van der Waals surface area contributed by atoms with Crippen molar-refractivity contribution in [3.05, 3.63) is 52.9 Å². The number of benzene rings is 1. The molecule has 1 aromatic carbocycles. The van der Waals surface area contributed by atoms with E-state index in [0.29, 0.717) is 5.56 Å². The number of carboxylic acid groups (broad SMARTS) is 1. The van der Waals surface area contributed by atoms with Crippen LogP contribution in [0.1, 0.15) is 10.4 Å². The maximum Gasteiger partial charge on any atom is 0.376 e. The van der Waals surface area contributed by atoms with Crippen LogP contribution in [0.25, 0.3) is 16.2 Å². The van der Waals surface area contributed by atoms with Crippen molar-refractivity contribution in [2.75, 3.05) is 0 Å². The van der Waals surface area contributed by atoms with Crippen molar-refractivity contribution in [2.24, 2.45) is 0 Å². The molecule has 0 saturated carbocycles. The quantitative estimate of drug-likeness (QED) is 0.514. The van der Waals surface area contributed by atoms with E-state index >= 15 is 0 Å². The molecule has 1 aromatic heterocycles. The van der Waals surface area contributed by atoms with E-state index in [2.05, 4.69) is 0 Å². The van der Waals surface area contributed by atoms with Gasteiger partial charge in [-0.1, -0.05) is 30.3 Å². The summed E-state index contributed by atoms with van der Waals surface area (Å²) in [6.45, 7) is 1.81. The van der Waals surface area contributed by atoms with Gasteiger partial charge in [0.15, 0.2) is 0 Å². The molecule has 2 N–H and O–H groups in total. The second-order valence-electron chi connectivity index (χ2n) is 4.15. The van der Waals surface area contributed by atoms with Crippen molar-refractivity contribution in [1.29, 1.82) is 0 Å². The van der Waals surface area contributed by atoms with Gasteiger partial charge in [-0.2, -0.15) is 0 Å². The number of aliphatic hydroxyl groups excluding tert-OH is 1. The van der Waals surface area contributed by atoms with E-state index in [0.717, 1.165) is 21.4 Å². The van der Waals surface area contributed by atoms with Gasteiger partial charge in [-0.15, -0.1) is 11.3 Å². The molecule has 102 valence electrons. The summed E-state index contributed by atoms with van der Waals surface area (Å²) in [5, 5.41) is 18.4. The molecule has 0 aliphatic rings. The Bertz CT molecular complexity index is 683. The molecule has 4 nitrogen and oxygen atoms in total. The van der Waals surface area contributed by atoms with Gasteiger partial charge in [-0.25, -0.2) is 4.79 Å². The van der Waals surface area contributed by atoms with Crippen LogP contribution in [0.5, 0.6) is 0 Å². The number of carbonyl (C=O) groups is 2. The third-order valence-corrected chi connectivity index (χ3v) is 3.83. The first-order chi connectivity index (χ1) is 9.49. The number of hydrogen-bond donors (Lipinski definition) is 2. The van der Waals surface area contributed by atoms with E-state index in [1.165, 1.54) is 11.3 Å². The molecule has 1 heterocycles. The first-order valence-electron chi connectivity index (χ1n) is 5.83. The van der Waals surface area contributed by atoms with Gasteiger partial charge in [-0.05, 0) is 18.6 Å². The predicted octanol–water partition coefficient (Wildman–Crippen LogP) is 3.28. The summed E-state index contributed by atoms with van der Waals surface area (Å²) in [4.78, 5) is 23.3. The van der Waals surface area contributed by atoms with Crippen LogP contribution < -0.4 is 0 Å². The lowest BCUT2D eigenvalue weighted by molar-refractivity contribution is -0.146. The summed E-state index contributed by atoms with van der Waals surface area (Å²) in [5.74, 6) is -3.06. The molecule has 5 heteroatoms. The van der Waals surface area contributed by atoms with Crippen molar-refractivity contribution in [3.63, 3.8) is 0 Å². The second-order valence-corrected chi connectivity index (χ2v) is 5.40. The van der Waals surface area contributed by atoms with E-state index in [1.807, 2.05) is 37.3 Å². The van der Waals surface area contributed by atoms with Crippen LogP contribution >= 0.6 is 11.3 Å². The van der Waals surface area contributed by atoms with Gasteiger partial charge in [0.1, 0.15) is 5.76 Å². The molecule has 0 radical (unpaired) electrons. The van der Waals surface area contributed by atoms with Crippen LogP contribution in [-0.4, -0.2) is 22.0 Å². The van der Waals surface area contributed by atoms with Gasteiger partial charge in [-0.3, -0.25) is 4.79 Å². The number of aliphatic hydroxyl groups is 1. The summed E-state index contributed by atoms with van der Waals surface area (Å²) in [7, 11) is 0. The molecule has 0 bridgehead atoms. The molecule has 0 aliphatic heterocycles. The molecule has 2 rings (SSSR count). The van der Waals surface area contributed by atoms with Gasteiger partial charge in [0, 0.05) is 21.4 Å². The Hall–Kier alpha value is -2.40. The van der Waals surface area contributed by atoms with Gasteiger partial charge in [0.05, 0.1) is 0 Å². The zero-order valence-corrected chi connectivity index (χ0v) is 11.5. The zero-order chi connectivity index (χ0) is 14.7. The molecule has 0 fully saturated rings. The zero-order valence-electron chi connectivity index (χ0n) is 10.7. The average Bonchev–Trinajstić information content (AvgIpc) is 2.81. The molecule has 0 unspecified atom stereocenters. The summed E-state index contributed by atoms with van der Waals surface area (Å²) in [6, 6.07) is 11.4. The number of carboxylic acids is 1. The lowest BCUT2D eigenvalue weighted by Gasteiger charge is -1.97. The highest BCUT2D eigenvalue weighted by Crippen LogP contribution is 2.33. The van der Waals surface area contributed by atoms with Crippen molar-refractivity contribution in [1.82, 2.24) is 0 Å². The monoisotopic (exact) mass is 288 g/mol. The number of thiophene rings is 1. The fourth-order valence-corrected chi connectivity index (χ4v) is 2.78. The summed E-state index contributed by atoms with van der Waals surface area (Å²) >= 11 is 1.47. The van der Waals surface area contributed by atoms with Gasteiger partial charge in [0.2, 0.25) is 0 Å². The van der Waals surface area contributed by atoms with Crippen molar-refractivity contribution in [3.8, 4) is 10.4 Å². The second kappa shape index (κ2) is 5.71. The van der Waals surface area contributed by atoms with Crippen LogP contribution in [-0.2, 0) is 9.59 Å². The maximum atomic E-state index is 11.1. The molecular formula is C15H12O4S. The largest absolute Gasteiger partial charge is 0.507 e. The Balaban J connectivity index is 2.38.